The van der Waals surface area contributed by atoms with E-state index in [4.69, 9.17) is 0 Å². The van der Waals surface area contributed by atoms with Gasteiger partial charge < -0.3 is 15.4 Å². The van der Waals surface area contributed by atoms with Gasteiger partial charge in [-0.25, -0.2) is 0 Å². The Labute approximate surface area is 95.1 Å². The number of amides is 1. The molecular formula is C12H18N2O2. The van der Waals surface area contributed by atoms with Crippen molar-refractivity contribution in [1.82, 2.24) is 10.3 Å². The van der Waals surface area contributed by atoms with E-state index in [1.165, 1.54) is 0 Å². The van der Waals surface area contributed by atoms with Gasteiger partial charge in [-0.15, -0.1) is 0 Å². The number of hydrogen-bond acceptors (Lipinski definition) is 2. The number of carbonyl (C=O) groups is 1. The summed E-state index contributed by atoms with van der Waals surface area (Å²) in [7, 11) is 0. The first-order chi connectivity index (χ1) is 7.76. The molecule has 88 valence electrons. The average Bonchev–Trinajstić information content (AvgIpc) is 2.98. The van der Waals surface area contributed by atoms with E-state index in [0.717, 1.165) is 25.7 Å². The summed E-state index contributed by atoms with van der Waals surface area (Å²) < 4.78 is 0. The second kappa shape index (κ2) is 4.70. The van der Waals surface area contributed by atoms with Crippen LogP contribution >= 0.6 is 0 Å². The largest absolute Gasteiger partial charge is 0.396 e. The molecule has 0 aromatic carbocycles. The van der Waals surface area contributed by atoms with E-state index in [1.807, 2.05) is 0 Å². The Bertz CT molecular complexity index is 340. The lowest BCUT2D eigenvalue weighted by molar-refractivity contribution is 0.0876. The third-order valence-corrected chi connectivity index (χ3v) is 3.47. The molecule has 1 aromatic heterocycles. The summed E-state index contributed by atoms with van der Waals surface area (Å²) in [6, 6.07) is 3.54. The zero-order chi connectivity index (χ0) is 11.4. The zero-order valence-corrected chi connectivity index (χ0v) is 9.33. The van der Waals surface area contributed by atoms with Crippen molar-refractivity contribution in [3.63, 3.8) is 0 Å². The minimum atomic E-state index is -0.0928. The molecule has 1 amide bonds. The van der Waals surface area contributed by atoms with Crippen LogP contribution < -0.4 is 5.32 Å². The van der Waals surface area contributed by atoms with Gasteiger partial charge in [-0.2, -0.15) is 0 Å². The van der Waals surface area contributed by atoms with Crippen LogP contribution in [-0.4, -0.2) is 29.1 Å². The minimum absolute atomic E-state index is 0.0811. The van der Waals surface area contributed by atoms with Crippen LogP contribution in [0, 0.1) is 5.41 Å². The number of hydrogen-bond donors (Lipinski definition) is 3. The lowest BCUT2D eigenvalue weighted by atomic mass is 9.87. The smallest absolute Gasteiger partial charge is 0.267 e. The minimum Gasteiger partial charge on any atom is -0.396 e. The highest BCUT2D eigenvalue weighted by Crippen LogP contribution is 2.36. The van der Waals surface area contributed by atoms with E-state index < -0.39 is 0 Å². The van der Waals surface area contributed by atoms with E-state index in [9.17, 15) is 9.90 Å². The second-order valence-electron chi connectivity index (χ2n) is 4.63. The molecular weight excluding hydrogens is 204 g/mol. The average molecular weight is 222 g/mol. The van der Waals surface area contributed by atoms with Gasteiger partial charge in [0.1, 0.15) is 5.69 Å². The predicted octanol–water partition coefficient (Wildman–Crippen LogP) is 1.30. The number of nitrogens with one attached hydrogen (secondary N) is 2. The van der Waals surface area contributed by atoms with E-state index >= 15 is 0 Å². The molecule has 1 aliphatic rings. The van der Waals surface area contributed by atoms with Crippen LogP contribution in [-0.2, 0) is 0 Å². The standard InChI is InChI=1S/C12H18N2O2/c15-9-12(5-1-2-6-12)8-14-11(16)10-4-3-7-13-10/h3-4,7,13,15H,1-2,5-6,8-9H2,(H,14,16). The quantitative estimate of drug-likeness (QED) is 0.719. The van der Waals surface area contributed by atoms with E-state index in [2.05, 4.69) is 10.3 Å². The summed E-state index contributed by atoms with van der Waals surface area (Å²) in [5.74, 6) is -0.0928. The molecule has 0 radical (unpaired) electrons. The number of aromatic amines is 1. The van der Waals surface area contributed by atoms with Gasteiger partial charge >= 0.3 is 0 Å². The van der Waals surface area contributed by atoms with E-state index in [-0.39, 0.29) is 17.9 Å². The van der Waals surface area contributed by atoms with Gasteiger partial charge in [0.05, 0.1) is 6.61 Å². The maximum absolute atomic E-state index is 11.7. The van der Waals surface area contributed by atoms with Crippen LogP contribution in [0.25, 0.3) is 0 Å². The summed E-state index contributed by atoms with van der Waals surface area (Å²) in [5.41, 5.74) is 0.494. The molecule has 2 rings (SSSR count). The van der Waals surface area contributed by atoms with Crippen LogP contribution in [0.1, 0.15) is 36.2 Å². The Kier molecular flexibility index (Phi) is 3.29. The van der Waals surface area contributed by atoms with Crippen LogP contribution in [0.3, 0.4) is 0 Å². The summed E-state index contributed by atoms with van der Waals surface area (Å²) in [6.07, 6.45) is 6.05. The Morgan fingerprint density at radius 2 is 2.25 bits per heavy atom. The lowest BCUT2D eigenvalue weighted by Crippen LogP contribution is -2.38. The molecule has 0 atom stereocenters. The fourth-order valence-corrected chi connectivity index (χ4v) is 2.35. The number of aromatic nitrogens is 1. The first kappa shape index (κ1) is 11.2. The number of aliphatic hydroxyl groups is 1. The highest BCUT2D eigenvalue weighted by atomic mass is 16.3. The van der Waals surface area contributed by atoms with Crippen molar-refractivity contribution < 1.29 is 9.90 Å². The molecule has 16 heavy (non-hydrogen) atoms. The van der Waals surface area contributed by atoms with E-state index in [1.54, 1.807) is 18.3 Å². The van der Waals surface area contributed by atoms with Crippen molar-refractivity contribution in [3.8, 4) is 0 Å². The SMILES string of the molecule is O=C(NCC1(CO)CCCC1)c1ccc[nH]1. The normalized spacial score (nSPS) is 18.6. The maximum Gasteiger partial charge on any atom is 0.267 e. The van der Waals surface area contributed by atoms with Crippen LogP contribution in [0.15, 0.2) is 18.3 Å². The molecule has 3 N–H and O–H groups in total. The van der Waals surface area contributed by atoms with Crippen molar-refractivity contribution in [2.24, 2.45) is 5.41 Å². The Morgan fingerprint density at radius 1 is 1.50 bits per heavy atom. The van der Waals surface area contributed by atoms with E-state index in [0.29, 0.717) is 12.2 Å². The zero-order valence-electron chi connectivity index (χ0n) is 9.33. The fraction of sp³-hybridized carbons (Fsp3) is 0.583. The Balaban J connectivity index is 1.89. The van der Waals surface area contributed by atoms with Gasteiger partial charge in [-0.3, -0.25) is 4.79 Å². The lowest BCUT2D eigenvalue weighted by Gasteiger charge is -2.26. The van der Waals surface area contributed by atoms with Crippen molar-refractivity contribution in [3.05, 3.63) is 24.0 Å². The summed E-state index contributed by atoms with van der Waals surface area (Å²) in [5, 5.41) is 12.3. The highest BCUT2D eigenvalue weighted by molar-refractivity contribution is 5.92. The number of H-pyrrole nitrogens is 1. The van der Waals surface area contributed by atoms with Crippen molar-refractivity contribution in [2.75, 3.05) is 13.2 Å². The molecule has 1 aromatic rings. The molecule has 0 spiro atoms. The van der Waals surface area contributed by atoms with Crippen LogP contribution in [0.4, 0.5) is 0 Å². The molecule has 0 bridgehead atoms. The molecule has 0 unspecified atom stereocenters. The molecule has 1 aliphatic carbocycles. The summed E-state index contributed by atoms with van der Waals surface area (Å²) >= 11 is 0. The molecule has 1 saturated carbocycles. The first-order valence-electron chi connectivity index (χ1n) is 5.78. The molecule has 1 heterocycles. The topological polar surface area (TPSA) is 65.1 Å². The van der Waals surface area contributed by atoms with Gasteiger partial charge in [-0.05, 0) is 25.0 Å². The van der Waals surface area contributed by atoms with Gasteiger partial charge in [-0.1, -0.05) is 12.8 Å². The molecule has 0 saturated heterocycles. The Hall–Kier alpha value is -1.29. The maximum atomic E-state index is 11.7. The van der Waals surface area contributed by atoms with Crippen molar-refractivity contribution in [2.45, 2.75) is 25.7 Å². The van der Waals surface area contributed by atoms with Gasteiger partial charge in [0.25, 0.3) is 5.91 Å². The fourth-order valence-electron chi connectivity index (χ4n) is 2.35. The summed E-state index contributed by atoms with van der Waals surface area (Å²) in [4.78, 5) is 14.6. The molecule has 4 nitrogen and oxygen atoms in total. The monoisotopic (exact) mass is 222 g/mol. The Morgan fingerprint density at radius 3 is 2.81 bits per heavy atom. The number of aliphatic hydroxyl groups excluding tert-OH is 1. The second-order valence-corrected chi connectivity index (χ2v) is 4.63. The van der Waals surface area contributed by atoms with Gasteiger partial charge in [0.2, 0.25) is 0 Å². The van der Waals surface area contributed by atoms with Gasteiger partial charge in [0.15, 0.2) is 0 Å². The first-order valence-corrected chi connectivity index (χ1v) is 5.78. The highest BCUT2D eigenvalue weighted by Gasteiger charge is 2.33. The molecule has 0 aliphatic heterocycles. The van der Waals surface area contributed by atoms with Crippen molar-refractivity contribution >= 4 is 5.91 Å². The number of rotatable bonds is 4. The van der Waals surface area contributed by atoms with Gasteiger partial charge in [0, 0.05) is 18.2 Å². The van der Waals surface area contributed by atoms with Crippen LogP contribution in [0.2, 0.25) is 0 Å². The third kappa shape index (κ3) is 2.27. The predicted molar refractivity (Wildman–Crippen MR) is 61.1 cm³/mol. The number of carbonyl (C=O) groups excluding carboxylic acids is 1. The molecule has 4 heteroatoms. The van der Waals surface area contributed by atoms with Crippen molar-refractivity contribution in [1.29, 1.82) is 0 Å². The molecule has 1 fully saturated rings. The summed E-state index contributed by atoms with van der Waals surface area (Å²) in [6.45, 7) is 0.735. The third-order valence-electron chi connectivity index (χ3n) is 3.47. The van der Waals surface area contributed by atoms with Crippen LogP contribution in [0.5, 0.6) is 0 Å².